The molecule has 0 aliphatic carbocycles. The summed E-state index contributed by atoms with van der Waals surface area (Å²) in [5, 5.41) is 3.11. The van der Waals surface area contributed by atoms with Crippen LogP contribution < -0.4 is 15.8 Å². The summed E-state index contributed by atoms with van der Waals surface area (Å²) in [6.07, 6.45) is 1.11. The summed E-state index contributed by atoms with van der Waals surface area (Å²) in [6.45, 7) is 9.64. The molecule has 0 radical (unpaired) electrons. The quantitative estimate of drug-likeness (QED) is 0.429. The third-order valence-electron chi connectivity index (χ3n) is 3.06. The monoisotopic (exact) mass is 336 g/mol. The Bertz CT molecular complexity index is 591. The molecule has 0 aliphatic heterocycles. The van der Waals surface area contributed by atoms with Crippen LogP contribution in [0, 0.1) is 0 Å². The number of benzene rings is 1. The second-order valence-corrected chi connectivity index (χ2v) is 6.51. The second-order valence-electron chi connectivity index (χ2n) is 6.51. The molecule has 6 nitrogen and oxygen atoms in total. The Hall–Kier alpha value is -2.24. The third-order valence-corrected chi connectivity index (χ3v) is 3.06. The highest BCUT2D eigenvalue weighted by Gasteiger charge is 2.19. The van der Waals surface area contributed by atoms with Gasteiger partial charge in [-0.15, -0.1) is 0 Å². The van der Waals surface area contributed by atoms with E-state index in [0.717, 1.165) is 6.42 Å². The lowest BCUT2D eigenvalue weighted by Crippen LogP contribution is -2.27. The number of hydrogen-bond acceptors (Lipinski definition) is 6. The molecule has 1 aromatic carbocycles. The van der Waals surface area contributed by atoms with Gasteiger partial charge in [0.15, 0.2) is 12.4 Å². The number of anilines is 2. The van der Waals surface area contributed by atoms with Gasteiger partial charge in [-0.2, -0.15) is 0 Å². The number of carbonyl (C=O) groups excluding carboxylic acids is 2. The highest BCUT2D eigenvalue weighted by atomic mass is 16.6. The van der Waals surface area contributed by atoms with Crippen molar-refractivity contribution in [2.75, 3.05) is 24.2 Å². The molecule has 0 saturated heterocycles. The van der Waals surface area contributed by atoms with E-state index in [0.29, 0.717) is 35.7 Å². The summed E-state index contributed by atoms with van der Waals surface area (Å²) >= 11 is 0. The van der Waals surface area contributed by atoms with E-state index in [2.05, 4.69) is 5.32 Å². The summed E-state index contributed by atoms with van der Waals surface area (Å²) in [5.74, 6) is -0.214. The smallest absolute Gasteiger partial charge is 0.344 e. The molecule has 0 aliphatic rings. The van der Waals surface area contributed by atoms with E-state index < -0.39 is 11.6 Å². The minimum Gasteiger partial charge on any atom is -0.481 e. The average molecular weight is 336 g/mol. The predicted molar refractivity (Wildman–Crippen MR) is 95.6 cm³/mol. The fourth-order valence-corrected chi connectivity index (χ4v) is 2.15. The van der Waals surface area contributed by atoms with Crippen LogP contribution in [0.25, 0.3) is 0 Å². The van der Waals surface area contributed by atoms with Crippen LogP contribution in [0.4, 0.5) is 11.4 Å². The number of nitrogen functional groups attached to an aromatic ring is 1. The molecule has 1 rings (SSSR count). The third kappa shape index (κ3) is 6.10. The minimum atomic E-state index is -0.586. The van der Waals surface area contributed by atoms with E-state index in [4.69, 9.17) is 15.2 Å². The summed E-state index contributed by atoms with van der Waals surface area (Å²) in [6, 6.07) is 3.26. The van der Waals surface area contributed by atoms with Gasteiger partial charge in [0.2, 0.25) is 0 Å². The molecule has 0 unspecified atom stereocenters. The van der Waals surface area contributed by atoms with Crippen LogP contribution in [-0.2, 0) is 9.53 Å². The lowest BCUT2D eigenvalue weighted by atomic mass is 10.0. The largest absolute Gasteiger partial charge is 0.481 e. The molecule has 0 aromatic heterocycles. The van der Waals surface area contributed by atoms with Gasteiger partial charge in [-0.05, 0) is 40.2 Å². The number of Topliss-reactive ketones (excluding diaryl/α,β-unsaturated/α-hetero) is 1. The molecule has 0 saturated carbocycles. The number of ether oxygens (including phenoxy) is 2. The van der Waals surface area contributed by atoms with E-state index in [1.165, 1.54) is 0 Å². The first-order valence-corrected chi connectivity index (χ1v) is 8.23. The second kappa shape index (κ2) is 8.57. The zero-order valence-corrected chi connectivity index (χ0v) is 15.2. The molecule has 134 valence electrons. The Morgan fingerprint density at radius 2 is 1.88 bits per heavy atom. The molecule has 24 heavy (non-hydrogen) atoms. The fraction of sp³-hybridized carbons (Fsp3) is 0.556. The van der Waals surface area contributed by atoms with E-state index in [-0.39, 0.29) is 12.4 Å². The average Bonchev–Trinajstić information content (AvgIpc) is 2.46. The van der Waals surface area contributed by atoms with Crippen molar-refractivity contribution in [1.29, 1.82) is 0 Å². The predicted octanol–water partition coefficient (Wildman–Crippen LogP) is 3.40. The molecule has 0 atom stereocenters. The van der Waals surface area contributed by atoms with Crippen molar-refractivity contribution in [3.05, 3.63) is 17.7 Å². The number of rotatable bonds is 8. The maximum Gasteiger partial charge on any atom is 0.344 e. The van der Waals surface area contributed by atoms with Crippen molar-refractivity contribution in [2.24, 2.45) is 0 Å². The molecule has 0 bridgehead atoms. The van der Waals surface area contributed by atoms with Crippen LogP contribution in [0.2, 0.25) is 0 Å². The van der Waals surface area contributed by atoms with E-state index in [1.54, 1.807) is 32.9 Å². The van der Waals surface area contributed by atoms with Gasteiger partial charge in [0.25, 0.3) is 0 Å². The van der Waals surface area contributed by atoms with Crippen LogP contribution in [0.3, 0.4) is 0 Å². The number of nitrogens with one attached hydrogen (secondary N) is 1. The van der Waals surface area contributed by atoms with Gasteiger partial charge in [-0.1, -0.05) is 6.92 Å². The van der Waals surface area contributed by atoms with Crippen molar-refractivity contribution < 1.29 is 19.1 Å². The maximum absolute atomic E-state index is 12.3. The van der Waals surface area contributed by atoms with E-state index in [1.807, 2.05) is 13.8 Å². The van der Waals surface area contributed by atoms with Crippen molar-refractivity contribution >= 4 is 23.1 Å². The maximum atomic E-state index is 12.3. The fourth-order valence-electron chi connectivity index (χ4n) is 2.15. The Balaban J connectivity index is 3.02. The van der Waals surface area contributed by atoms with Gasteiger partial charge in [-0.25, -0.2) is 4.79 Å². The summed E-state index contributed by atoms with van der Waals surface area (Å²) < 4.78 is 10.8. The number of esters is 1. The van der Waals surface area contributed by atoms with Crippen molar-refractivity contribution in [2.45, 2.75) is 53.1 Å². The first kappa shape index (κ1) is 19.8. The first-order valence-electron chi connectivity index (χ1n) is 8.23. The highest BCUT2D eigenvalue weighted by molar-refractivity contribution is 6.00. The van der Waals surface area contributed by atoms with Crippen molar-refractivity contribution in [3.8, 4) is 5.75 Å². The van der Waals surface area contributed by atoms with Gasteiger partial charge in [0.1, 0.15) is 11.4 Å². The van der Waals surface area contributed by atoms with E-state index >= 15 is 0 Å². The molecule has 0 fully saturated rings. The Morgan fingerprint density at radius 3 is 2.42 bits per heavy atom. The van der Waals surface area contributed by atoms with Crippen LogP contribution in [0.1, 0.15) is 57.8 Å². The summed E-state index contributed by atoms with van der Waals surface area (Å²) in [7, 11) is 0. The van der Waals surface area contributed by atoms with Crippen molar-refractivity contribution in [3.63, 3.8) is 0 Å². The molecule has 0 heterocycles. The van der Waals surface area contributed by atoms with E-state index in [9.17, 15) is 9.59 Å². The Morgan fingerprint density at radius 1 is 1.21 bits per heavy atom. The molecule has 3 N–H and O–H groups in total. The van der Waals surface area contributed by atoms with Gasteiger partial charge < -0.3 is 20.5 Å². The van der Waals surface area contributed by atoms with Gasteiger partial charge in [0.05, 0.1) is 16.9 Å². The van der Waals surface area contributed by atoms with Crippen LogP contribution in [0.5, 0.6) is 5.75 Å². The first-order chi connectivity index (χ1) is 11.2. The minimum absolute atomic E-state index is 0.0635. The van der Waals surface area contributed by atoms with Crippen molar-refractivity contribution in [1.82, 2.24) is 0 Å². The van der Waals surface area contributed by atoms with Gasteiger partial charge in [-0.3, -0.25) is 4.79 Å². The van der Waals surface area contributed by atoms with Crippen LogP contribution in [-0.4, -0.2) is 30.5 Å². The zero-order chi connectivity index (χ0) is 18.3. The lowest BCUT2D eigenvalue weighted by molar-refractivity contribution is -0.157. The molecular weight excluding hydrogens is 308 g/mol. The number of ketones is 1. The number of carbonyl (C=O) groups is 2. The topological polar surface area (TPSA) is 90.7 Å². The summed E-state index contributed by atoms with van der Waals surface area (Å²) in [5.41, 5.74) is 6.93. The van der Waals surface area contributed by atoms with Crippen LogP contribution in [0.15, 0.2) is 12.1 Å². The molecule has 1 aromatic rings. The zero-order valence-electron chi connectivity index (χ0n) is 15.2. The molecular formula is C18H28N2O4. The Kier molecular flexibility index (Phi) is 7.07. The van der Waals surface area contributed by atoms with Crippen LogP contribution >= 0.6 is 0 Å². The molecule has 6 heteroatoms. The molecule has 0 spiro atoms. The highest BCUT2D eigenvalue weighted by Crippen LogP contribution is 2.30. The Labute approximate surface area is 143 Å². The van der Waals surface area contributed by atoms with Gasteiger partial charge in [0, 0.05) is 19.0 Å². The molecule has 0 amide bonds. The standard InChI is InChI=1S/C18H28N2O4/c1-6-8-15(21)12-9-13(19)14(20-7-2)10-16(12)23-11-17(22)24-18(3,4)5/h9-10,20H,6-8,11,19H2,1-5H3. The SMILES string of the molecule is CCCC(=O)c1cc(N)c(NCC)cc1OCC(=O)OC(C)(C)C. The van der Waals surface area contributed by atoms with Gasteiger partial charge >= 0.3 is 5.97 Å². The number of nitrogens with two attached hydrogens (primary N) is 1. The number of hydrogen-bond donors (Lipinski definition) is 2. The normalized spacial score (nSPS) is 11.0. The summed E-state index contributed by atoms with van der Waals surface area (Å²) in [4.78, 5) is 24.1. The lowest BCUT2D eigenvalue weighted by Gasteiger charge is -2.20.